The molecule has 7 heteroatoms. The van der Waals surface area contributed by atoms with Crippen molar-refractivity contribution in [2.45, 2.75) is 12.3 Å². The van der Waals surface area contributed by atoms with Gasteiger partial charge in [0, 0.05) is 18.0 Å². The highest BCUT2D eigenvalue weighted by molar-refractivity contribution is 5.64. The van der Waals surface area contributed by atoms with E-state index in [0.717, 1.165) is 42.2 Å². The number of ether oxygens (including phenoxy) is 2. The monoisotopic (exact) mass is 325 g/mol. The third-order valence-corrected chi connectivity index (χ3v) is 4.39. The molecule has 1 aromatic carbocycles. The molecule has 1 fully saturated rings. The summed E-state index contributed by atoms with van der Waals surface area (Å²) in [6.07, 6.45) is 1.06. The molecule has 0 amide bonds. The fraction of sp³-hybridized carbons (Fsp3) is 0.353. The molecular formula is C17H19N5O2. The lowest BCUT2D eigenvalue weighted by atomic mass is 10.1. The average molecular weight is 325 g/mol. The van der Waals surface area contributed by atoms with Gasteiger partial charge in [-0.2, -0.15) is 9.61 Å². The van der Waals surface area contributed by atoms with E-state index in [2.05, 4.69) is 15.5 Å². The number of hydrogen-bond acceptors (Lipinski definition) is 6. The second-order valence-corrected chi connectivity index (χ2v) is 5.81. The van der Waals surface area contributed by atoms with E-state index in [1.165, 1.54) is 0 Å². The normalized spacial score (nSPS) is 17.3. The van der Waals surface area contributed by atoms with Crippen molar-refractivity contribution in [3.8, 4) is 22.8 Å². The van der Waals surface area contributed by atoms with Crippen LogP contribution in [0.3, 0.4) is 0 Å². The van der Waals surface area contributed by atoms with Crippen LogP contribution in [0.1, 0.15) is 18.2 Å². The number of benzene rings is 1. The fourth-order valence-corrected chi connectivity index (χ4v) is 3.08. The SMILES string of the molecule is COc1ccc(-c2ccc3nnc([C@@H]4CCNC4)n3n2)cc1OC. The van der Waals surface area contributed by atoms with Crippen LogP contribution in [0.15, 0.2) is 30.3 Å². The highest BCUT2D eigenvalue weighted by atomic mass is 16.5. The zero-order valence-electron chi connectivity index (χ0n) is 13.7. The van der Waals surface area contributed by atoms with Crippen LogP contribution >= 0.6 is 0 Å². The first-order chi connectivity index (χ1) is 11.8. The van der Waals surface area contributed by atoms with Gasteiger partial charge in [0.1, 0.15) is 0 Å². The third-order valence-electron chi connectivity index (χ3n) is 4.39. The van der Waals surface area contributed by atoms with E-state index in [1.807, 2.05) is 34.8 Å². The molecule has 0 unspecified atom stereocenters. The van der Waals surface area contributed by atoms with Crippen molar-refractivity contribution in [1.29, 1.82) is 0 Å². The molecule has 0 radical (unpaired) electrons. The van der Waals surface area contributed by atoms with Crippen LogP contribution in [0.25, 0.3) is 16.9 Å². The number of methoxy groups -OCH3 is 2. The molecule has 24 heavy (non-hydrogen) atoms. The Labute approximate surface area is 139 Å². The molecule has 1 saturated heterocycles. The second kappa shape index (κ2) is 6.09. The Balaban J connectivity index is 1.78. The molecule has 0 saturated carbocycles. The first-order valence-corrected chi connectivity index (χ1v) is 7.95. The van der Waals surface area contributed by atoms with Crippen molar-refractivity contribution >= 4 is 5.65 Å². The molecule has 1 aliphatic heterocycles. The van der Waals surface area contributed by atoms with Crippen LogP contribution in [0.2, 0.25) is 0 Å². The Hall–Kier alpha value is -2.67. The van der Waals surface area contributed by atoms with Crippen LogP contribution in [-0.2, 0) is 0 Å². The largest absolute Gasteiger partial charge is 0.493 e. The fourth-order valence-electron chi connectivity index (χ4n) is 3.08. The topological polar surface area (TPSA) is 73.6 Å². The smallest absolute Gasteiger partial charge is 0.177 e. The lowest BCUT2D eigenvalue weighted by Gasteiger charge is -2.10. The third kappa shape index (κ3) is 2.46. The molecule has 3 aromatic rings. The van der Waals surface area contributed by atoms with Gasteiger partial charge in [-0.05, 0) is 43.3 Å². The van der Waals surface area contributed by atoms with Gasteiger partial charge >= 0.3 is 0 Å². The highest BCUT2D eigenvalue weighted by Crippen LogP contribution is 2.31. The van der Waals surface area contributed by atoms with E-state index < -0.39 is 0 Å². The Morgan fingerprint density at radius 2 is 1.96 bits per heavy atom. The summed E-state index contributed by atoms with van der Waals surface area (Å²) < 4.78 is 12.5. The van der Waals surface area contributed by atoms with Gasteiger partial charge in [0.25, 0.3) is 0 Å². The van der Waals surface area contributed by atoms with E-state index in [0.29, 0.717) is 17.4 Å². The van der Waals surface area contributed by atoms with Crippen LogP contribution in [0, 0.1) is 0 Å². The summed E-state index contributed by atoms with van der Waals surface area (Å²) in [6, 6.07) is 9.67. The minimum atomic E-state index is 0.355. The average Bonchev–Trinajstić information content (AvgIpc) is 3.29. The minimum absolute atomic E-state index is 0.355. The second-order valence-electron chi connectivity index (χ2n) is 5.81. The summed E-state index contributed by atoms with van der Waals surface area (Å²) >= 11 is 0. The lowest BCUT2D eigenvalue weighted by molar-refractivity contribution is 0.355. The number of nitrogens with zero attached hydrogens (tertiary/aromatic N) is 4. The standard InChI is InChI=1S/C17H19N5O2/c1-23-14-5-3-11(9-15(14)24-2)13-4-6-16-19-20-17(22(16)21-13)12-7-8-18-10-12/h3-6,9,12,18H,7-8,10H2,1-2H3/t12-/m1/s1. The lowest BCUT2D eigenvalue weighted by Crippen LogP contribution is -2.11. The first-order valence-electron chi connectivity index (χ1n) is 7.95. The van der Waals surface area contributed by atoms with Crippen molar-refractivity contribution in [2.75, 3.05) is 27.3 Å². The summed E-state index contributed by atoms with van der Waals surface area (Å²) in [7, 11) is 3.25. The van der Waals surface area contributed by atoms with Crippen LogP contribution in [0.4, 0.5) is 0 Å². The number of aromatic nitrogens is 4. The van der Waals surface area contributed by atoms with Crippen LogP contribution in [-0.4, -0.2) is 47.1 Å². The molecule has 0 spiro atoms. The number of fused-ring (bicyclic) bond motifs is 1. The summed E-state index contributed by atoms with van der Waals surface area (Å²) in [5.74, 6) is 2.65. The van der Waals surface area contributed by atoms with Gasteiger partial charge in [0.05, 0.1) is 19.9 Å². The maximum Gasteiger partial charge on any atom is 0.177 e. The van der Waals surface area contributed by atoms with E-state index in [9.17, 15) is 0 Å². The molecule has 3 heterocycles. The van der Waals surface area contributed by atoms with Gasteiger partial charge in [-0.25, -0.2) is 0 Å². The van der Waals surface area contributed by atoms with Crippen molar-refractivity contribution in [1.82, 2.24) is 25.1 Å². The molecule has 1 N–H and O–H groups in total. The quantitative estimate of drug-likeness (QED) is 0.789. The van der Waals surface area contributed by atoms with Crippen LogP contribution < -0.4 is 14.8 Å². The summed E-state index contributed by atoms with van der Waals surface area (Å²) in [5, 5.41) is 16.7. The number of nitrogens with one attached hydrogen (secondary N) is 1. The summed E-state index contributed by atoms with van der Waals surface area (Å²) in [6.45, 7) is 1.93. The summed E-state index contributed by atoms with van der Waals surface area (Å²) in [5.41, 5.74) is 2.57. The van der Waals surface area contributed by atoms with Crippen molar-refractivity contribution in [3.63, 3.8) is 0 Å². The van der Waals surface area contributed by atoms with Gasteiger partial charge in [0.2, 0.25) is 0 Å². The van der Waals surface area contributed by atoms with Gasteiger partial charge in [0.15, 0.2) is 23.0 Å². The van der Waals surface area contributed by atoms with Gasteiger partial charge < -0.3 is 14.8 Å². The predicted octanol–water partition coefficient (Wildman–Crippen LogP) is 1.89. The van der Waals surface area contributed by atoms with Gasteiger partial charge in [-0.3, -0.25) is 0 Å². The van der Waals surface area contributed by atoms with E-state index in [1.54, 1.807) is 14.2 Å². The van der Waals surface area contributed by atoms with Crippen molar-refractivity contribution in [3.05, 3.63) is 36.2 Å². The van der Waals surface area contributed by atoms with E-state index >= 15 is 0 Å². The number of hydrogen-bond donors (Lipinski definition) is 1. The minimum Gasteiger partial charge on any atom is -0.493 e. The Kier molecular flexibility index (Phi) is 3.78. The van der Waals surface area contributed by atoms with Crippen molar-refractivity contribution < 1.29 is 9.47 Å². The Morgan fingerprint density at radius 3 is 2.71 bits per heavy atom. The van der Waals surface area contributed by atoms with Gasteiger partial charge in [-0.1, -0.05) is 0 Å². The molecule has 1 aliphatic rings. The molecular weight excluding hydrogens is 306 g/mol. The van der Waals surface area contributed by atoms with Crippen LogP contribution in [0.5, 0.6) is 11.5 Å². The molecule has 2 aromatic heterocycles. The Morgan fingerprint density at radius 1 is 1.08 bits per heavy atom. The molecule has 0 bridgehead atoms. The zero-order chi connectivity index (χ0) is 16.5. The predicted molar refractivity (Wildman–Crippen MR) is 89.5 cm³/mol. The maximum atomic E-state index is 5.38. The summed E-state index contributed by atoms with van der Waals surface area (Å²) in [4.78, 5) is 0. The maximum absolute atomic E-state index is 5.38. The van der Waals surface area contributed by atoms with Gasteiger partial charge in [-0.15, -0.1) is 10.2 Å². The molecule has 124 valence electrons. The number of rotatable bonds is 4. The highest BCUT2D eigenvalue weighted by Gasteiger charge is 2.22. The first kappa shape index (κ1) is 14.9. The zero-order valence-corrected chi connectivity index (χ0v) is 13.7. The molecule has 7 nitrogen and oxygen atoms in total. The molecule has 0 aliphatic carbocycles. The van der Waals surface area contributed by atoms with Crippen molar-refractivity contribution in [2.24, 2.45) is 0 Å². The molecule has 4 rings (SSSR count). The van der Waals surface area contributed by atoms with E-state index in [4.69, 9.17) is 14.6 Å². The van der Waals surface area contributed by atoms with E-state index in [-0.39, 0.29) is 0 Å². The molecule has 1 atom stereocenters. The Bertz CT molecular complexity index is 871.